The Morgan fingerprint density at radius 1 is 1.23 bits per heavy atom. The molecule has 2 aromatic carbocycles. The summed E-state index contributed by atoms with van der Waals surface area (Å²) in [6.45, 7) is 2.42. The number of carbonyl (C=O) groups is 1. The van der Waals surface area contributed by atoms with Crippen LogP contribution in [0.2, 0.25) is 0 Å². The minimum Gasteiger partial charge on any atom is -0.465 e. The molecule has 0 unspecified atom stereocenters. The van der Waals surface area contributed by atoms with E-state index in [9.17, 15) is 18.0 Å². The molecule has 0 spiro atoms. The first kappa shape index (κ1) is 18.2. The Balaban J connectivity index is 1.96. The first-order valence-corrected chi connectivity index (χ1v) is 10.0. The molecule has 0 aliphatic carbocycles. The number of anilines is 1. The molecule has 0 amide bonds. The molecule has 0 fully saturated rings. The highest BCUT2D eigenvalue weighted by atomic mass is 32.2. The monoisotopic (exact) mass is 392 g/mol. The number of ether oxygens (including phenoxy) is 1. The Morgan fingerprint density at radius 3 is 2.69 bits per heavy atom. The van der Waals surface area contributed by atoms with Crippen LogP contribution in [0.3, 0.4) is 0 Å². The lowest BCUT2D eigenvalue weighted by Crippen LogP contribution is -2.14. The van der Waals surface area contributed by atoms with Gasteiger partial charge in [-0.3, -0.25) is 14.1 Å². The third-order valence-corrected chi connectivity index (χ3v) is 6.12. The molecule has 26 heavy (non-hydrogen) atoms. The van der Waals surface area contributed by atoms with Gasteiger partial charge in [-0.2, -0.15) is 0 Å². The number of sulfonamides is 1. The molecule has 0 bridgehead atoms. The second-order valence-electron chi connectivity index (χ2n) is 5.42. The fraction of sp³-hybridized carbons (Fsp3) is 0.176. The molecule has 0 aliphatic heterocycles. The van der Waals surface area contributed by atoms with Gasteiger partial charge < -0.3 is 4.74 Å². The Morgan fingerprint density at radius 2 is 2.00 bits per heavy atom. The number of methoxy groups -OCH3 is 1. The average Bonchev–Trinajstić information content (AvgIpc) is 2.94. The summed E-state index contributed by atoms with van der Waals surface area (Å²) in [4.78, 5) is 23.4. The zero-order valence-corrected chi connectivity index (χ0v) is 15.7. The Kier molecular flexibility index (Phi) is 4.84. The van der Waals surface area contributed by atoms with E-state index >= 15 is 0 Å². The summed E-state index contributed by atoms with van der Waals surface area (Å²) in [5.74, 6) is -0.617. The zero-order chi connectivity index (χ0) is 18.9. The predicted octanol–water partition coefficient (Wildman–Crippen LogP) is 2.67. The first-order valence-electron chi connectivity index (χ1n) is 7.70. The van der Waals surface area contributed by atoms with Crippen molar-refractivity contribution in [2.75, 3.05) is 11.8 Å². The van der Waals surface area contributed by atoms with Crippen molar-refractivity contribution in [3.63, 3.8) is 0 Å². The number of nitrogens with one attached hydrogen (secondary N) is 1. The quantitative estimate of drug-likeness (QED) is 0.674. The number of esters is 1. The van der Waals surface area contributed by atoms with Crippen molar-refractivity contribution in [1.29, 1.82) is 0 Å². The largest absolute Gasteiger partial charge is 0.465 e. The fourth-order valence-corrected chi connectivity index (χ4v) is 4.64. The smallest absolute Gasteiger partial charge is 0.337 e. The summed E-state index contributed by atoms with van der Waals surface area (Å²) in [6.07, 6.45) is 0. The topological polar surface area (TPSA) is 94.5 Å². The summed E-state index contributed by atoms with van der Waals surface area (Å²) in [6, 6.07) is 10.5. The van der Waals surface area contributed by atoms with E-state index in [0.717, 1.165) is 16.9 Å². The van der Waals surface area contributed by atoms with Gasteiger partial charge in [0.2, 0.25) is 0 Å². The SMILES string of the molecule is CCn1c(=O)sc2cc(NS(=O)(=O)c3cccc(C(=O)OC)c3)ccc21. The molecule has 3 rings (SSSR count). The van der Waals surface area contributed by atoms with Crippen molar-refractivity contribution in [2.24, 2.45) is 0 Å². The van der Waals surface area contributed by atoms with Gasteiger partial charge in [-0.05, 0) is 43.3 Å². The first-order chi connectivity index (χ1) is 12.4. The van der Waals surface area contributed by atoms with Gasteiger partial charge in [0.25, 0.3) is 10.0 Å². The molecule has 0 saturated heterocycles. The molecule has 0 aliphatic rings. The van der Waals surface area contributed by atoms with Gasteiger partial charge >= 0.3 is 10.8 Å². The molecule has 1 N–H and O–H groups in total. The van der Waals surface area contributed by atoms with Crippen LogP contribution in [0.4, 0.5) is 5.69 Å². The van der Waals surface area contributed by atoms with Crippen molar-refractivity contribution in [2.45, 2.75) is 18.4 Å². The molecule has 1 heterocycles. The van der Waals surface area contributed by atoms with Crippen molar-refractivity contribution in [3.05, 3.63) is 57.7 Å². The van der Waals surface area contributed by atoms with Gasteiger partial charge in [0.1, 0.15) is 0 Å². The summed E-state index contributed by atoms with van der Waals surface area (Å²) in [5, 5.41) is 0. The molecule has 0 radical (unpaired) electrons. The molecular formula is C17H16N2O5S2. The van der Waals surface area contributed by atoms with Gasteiger partial charge in [-0.1, -0.05) is 17.4 Å². The lowest BCUT2D eigenvalue weighted by Gasteiger charge is -2.09. The minimum atomic E-state index is -3.89. The van der Waals surface area contributed by atoms with Crippen LogP contribution in [0.1, 0.15) is 17.3 Å². The van der Waals surface area contributed by atoms with Crippen LogP contribution in [0, 0.1) is 0 Å². The number of hydrogen-bond acceptors (Lipinski definition) is 6. The maximum Gasteiger partial charge on any atom is 0.337 e. The number of benzene rings is 2. The maximum atomic E-state index is 12.6. The van der Waals surface area contributed by atoms with Gasteiger partial charge in [0.05, 0.1) is 33.5 Å². The molecule has 7 nitrogen and oxygen atoms in total. The summed E-state index contributed by atoms with van der Waals surface area (Å²) in [7, 11) is -2.67. The number of thiazole rings is 1. The number of aromatic nitrogens is 1. The van der Waals surface area contributed by atoms with E-state index in [4.69, 9.17) is 0 Å². The minimum absolute atomic E-state index is 0.0557. The van der Waals surface area contributed by atoms with Crippen molar-refractivity contribution >= 4 is 43.2 Å². The van der Waals surface area contributed by atoms with E-state index in [1.807, 2.05) is 6.92 Å². The highest BCUT2D eigenvalue weighted by molar-refractivity contribution is 7.92. The van der Waals surface area contributed by atoms with Crippen LogP contribution >= 0.6 is 11.3 Å². The van der Waals surface area contributed by atoms with Crippen LogP contribution in [0.5, 0.6) is 0 Å². The summed E-state index contributed by atoms with van der Waals surface area (Å²) in [5.41, 5.74) is 1.24. The molecule has 3 aromatic rings. The lowest BCUT2D eigenvalue weighted by molar-refractivity contribution is 0.0600. The fourth-order valence-electron chi connectivity index (χ4n) is 2.55. The van der Waals surface area contributed by atoms with Crippen LogP contribution in [-0.2, 0) is 21.3 Å². The number of rotatable bonds is 5. The Hall–Kier alpha value is -2.65. The van der Waals surface area contributed by atoms with Crippen LogP contribution in [0.15, 0.2) is 52.2 Å². The third-order valence-electron chi connectivity index (χ3n) is 3.80. The summed E-state index contributed by atoms with van der Waals surface area (Å²) < 4.78 is 34.6. The van der Waals surface area contributed by atoms with Gasteiger partial charge in [-0.25, -0.2) is 13.2 Å². The van der Waals surface area contributed by atoms with Crippen LogP contribution < -0.4 is 9.60 Å². The molecule has 0 saturated carbocycles. The number of aryl methyl sites for hydroxylation is 1. The second-order valence-corrected chi connectivity index (χ2v) is 8.10. The standard InChI is InChI=1S/C17H16N2O5S2/c1-3-19-14-8-7-12(10-15(14)25-17(19)21)18-26(22,23)13-6-4-5-11(9-13)16(20)24-2/h4-10,18H,3H2,1-2H3. The number of nitrogens with zero attached hydrogens (tertiary/aromatic N) is 1. The van der Waals surface area contributed by atoms with Gasteiger partial charge in [0.15, 0.2) is 0 Å². The lowest BCUT2D eigenvalue weighted by atomic mass is 10.2. The third kappa shape index (κ3) is 3.35. The van der Waals surface area contributed by atoms with Gasteiger partial charge in [0, 0.05) is 6.54 Å². The molecule has 9 heteroatoms. The number of carbonyl (C=O) groups excluding carboxylic acids is 1. The van der Waals surface area contributed by atoms with Crippen molar-refractivity contribution < 1.29 is 17.9 Å². The Labute approximate surface area is 153 Å². The van der Waals surface area contributed by atoms with Crippen molar-refractivity contribution in [1.82, 2.24) is 4.57 Å². The highest BCUT2D eigenvalue weighted by Gasteiger charge is 2.17. The average molecular weight is 392 g/mol. The van der Waals surface area contributed by atoms with E-state index in [-0.39, 0.29) is 15.3 Å². The van der Waals surface area contributed by atoms with Gasteiger partial charge in [-0.15, -0.1) is 0 Å². The van der Waals surface area contributed by atoms with E-state index in [2.05, 4.69) is 9.46 Å². The molecule has 0 atom stereocenters. The molecular weight excluding hydrogens is 376 g/mol. The predicted molar refractivity (Wildman–Crippen MR) is 100 cm³/mol. The Bertz CT molecular complexity index is 1150. The van der Waals surface area contributed by atoms with Crippen molar-refractivity contribution in [3.8, 4) is 0 Å². The van der Waals surface area contributed by atoms with Crippen LogP contribution in [0.25, 0.3) is 10.2 Å². The van der Waals surface area contributed by atoms with E-state index in [1.165, 1.54) is 31.4 Å². The van der Waals surface area contributed by atoms with E-state index in [1.54, 1.807) is 22.8 Å². The van der Waals surface area contributed by atoms with E-state index < -0.39 is 16.0 Å². The number of fused-ring (bicyclic) bond motifs is 1. The highest BCUT2D eigenvalue weighted by Crippen LogP contribution is 2.24. The molecule has 136 valence electrons. The van der Waals surface area contributed by atoms with E-state index in [0.29, 0.717) is 16.9 Å². The zero-order valence-electron chi connectivity index (χ0n) is 14.1. The number of hydrogen-bond donors (Lipinski definition) is 1. The maximum absolute atomic E-state index is 12.6. The summed E-state index contributed by atoms with van der Waals surface area (Å²) >= 11 is 1.06. The second kappa shape index (κ2) is 6.93. The van der Waals surface area contributed by atoms with Crippen LogP contribution in [-0.4, -0.2) is 26.1 Å². The molecule has 1 aromatic heterocycles. The normalized spacial score (nSPS) is 11.5.